The van der Waals surface area contributed by atoms with Gasteiger partial charge < -0.3 is 16.6 Å². The molecule has 0 atom stereocenters. The van der Waals surface area contributed by atoms with Gasteiger partial charge in [0.2, 0.25) is 0 Å². The molecule has 2 rings (SSSR count). The molecule has 0 unspecified atom stereocenters. The number of benzene rings is 1. The number of azo groups is 1. The number of phenolic OH excluding ortho intramolecular Hbond substituents is 1. The molecular weight excluding hydrogens is 282 g/mol. The third-order valence-electron chi connectivity index (χ3n) is 3.41. The van der Waals surface area contributed by atoms with Gasteiger partial charge in [0, 0.05) is 12.1 Å². The molecule has 0 aliphatic rings. The lowest BCUT2D eigenvalue weighted by molar-refractivity contribution is 0.291. The lowest BCUT2D eigenvalue weighted by atomic mass is 10.1. The van der Waals surface area contributed by atoms with Crippen LogP contribution in [0, 0.1) is 0 Å². The number of rotatable bonds is 6. The molecule has 6 N–H and O–H groups in total. The van der Waals surface area contributed by atoms with E-state index in [4.69, 9.17) is 11.5 Å². The van der Waals surface area contributed by atoms with Gasteiger partial charge in [-0.15, -0.1) is 5.11 Å². The van der Waals surface area contributed by atoms with Gasteiger partial charge in [-0.05, 0) is 31.3 Å². The van der Waals surface area contributed by atoms with Crippen molar-refractivity contribution >= 4 is 23.0 Å². The summed E-state index contributed by atoms with van der Waals surface area (Å²) in [6.07, 6.45) is 0. The number of phenols is 1. The quantitative estimate of drug-likeness (QED) is 0.609. The average molecular weight is 303 g/mol. The first-order valence-electron chi connectivity index (χ1n) is 7.10. The molecule has 0 fully saturated rings. The van der Waals surface area contributed by atoms with Crippen molar-refractivity contribution in [3.8, 4) is 5.75 Å². The summed E-state index contributed by atoms with van der Waals surface area (Å²) in [4.78, 5) is 2.20. The van der Waals surface area contributed by atoms with Crippen molar-refractivity contribution in [3.63, 3.8) is 0 Å². The van der Waals surface area contributed by atoms with Crippen molar-refractivity contribution in [2.24, 2.45) is 10.2 Å². The molecule has 0 saturated carbocycles. The number of aromatic nitrogens is 2. The van der Waals surface area contributed by atoms with Gasteiger partial charge in [0.05, 0.1) is 5.69 Å². The van der Waals surface area contributed by atoms with Crippen molar-refractivity contribution in [1.29, 1.82) is 0 Å². The fourth-order valence-electron chi connectivity index (χ4n) is 2.03. The predicted octanol–water partition coefficient (Wildman–Crippen LogP) is 2.54. The van der Waals surface area contributed by atoms with Crippen molar-refractivity contribution in [2.45, 2.75) is 20.4 Å². The molecule has 0 aliphatic carbocycles. The Kier molecular flexibility index (Phi) is 4.95. The largest absolute Gasteiger partial charge is 0.508 e. The summed E-state index contributed by atoms with van der Waals surface area (Å²) in [5.41, 5.74) is 13.0. The van der Waals surface area contributed by atoms with Crippen LogP contribution in [0.1, 0.15) is 19.4 Å². The fourth-order valence-corrected chi connectivity index (χ4v) is 2.03. The monoisotopic (exact) mass is 303 g/mol. The van der Waals surface area contributed by atoms with Gasteiger partial charge >= 0.3 is 0 Å². The number of anilines is 2. The lowest BCUT2D eigenvalue weighted by Crippen LogP contribution is -2.22. The second-order valence-corrected chi connectivity index (χ2v) is 4.85. The number of nitrogens with two attached hydrogens (primary N) is 2. The number of aromatic amines is 1. The third kappa shape index (κ3) is 3.53. The zero-order valence-electron chi connectivity index (χ0n) is 12.7. The Morgan fingerprint density at radius 3 is 2.55 bits per heavy atom. The minimum absolute atomic E-state index is 0.198. The smallest absolute Gasteiger partial charge is 0.175 e. The van der Waals surface area contributed by atoms with E-state index in [1.807, 2.05) is 0 Å². The predicted molar refractivity (Wildman–Crippen MR) is 86.3 cm³/mol. The first-order chi connectivity index (χ1) is 10.5. The summed E-state index contributed by atoms with van der Waals surface area (Å²) in [5.74, 6) is 0.708. The molecule has 118 valence electrons. The highest BCUT2D eigenvalue weighted by Gasteiger charge is 2.09. The van der Waals surface area contributed by atoms with Crippen molar-refractivity contribution < 1.29 is 5.11 Å². The second-order valence-electron chi connectivity index (χ2n) is 4.85. The first-order valence-corrected chi connectivity index (χ1v) is 7.10. The highest BCUT2D eigenvalue weighted by molar-refractivity contribution is 5.70. The molecule has 0 radical (unpaired) electrons. The van der Waals surface area contributed by atoms with E-state index in [1.165, 1.54) is 0 Å². The molecule has 1 aromatic carbocycles. The van der Waals surface area contributed by atoms with E-state index < -0.39 is 0 Å². The molecule has 1 heterocycles. The van der Waals surface area contributed by atoms with E-state index in [0.29, 0.717) is 17.9 Å². The Bertz CT molecular complexity index is 642. The zero-order valence-corrected chi connectivity index (χ0v) is 12.7. The molecule has 2 aromatic rings. The van der Waals surface area contributed by atoms with E-state index in [1.54, 1.807) is 18.2 Å². The minimum Gasteiger partial charge on any atom is -0.508 e. The number of aromatic hydroxyl groups is 1. The van der Waals surface area contributed by atoms with Crippen LogP contribution in [0.3, 0.4) is 0 Å². The average Bonchev–Trinajstić information content (AvgIpc) is 2.84. The number of nitrogen functional groups attached to an aromatic ring is 2. The molecule has 8 heteroatoms. The van der Waals surface area contributed by atoms with Crippen LogP contribution in [0.15, 0.2) is 28.4 Å². The summed E-state index contributed by atoms with van der Waals surface area (Å²) in [5, 5.41) is 24.4. The number of nitrogens with zero attached hydrogens (tertiary/aromatic N) is 4. The van der Waals surface area contributed by atoms with Gasteiger partial charge in [0.25, 0.3) is 0 Å². The molecule has 1 aromatic heterocycles. The van der Waals surface area contributed by atoms with Crippen LogP contribution in [0.5, 0.6) is 5.75 Å². The summed E-state index contributed by atoms with van der Waals surface area (Å²) < 4.78 is 0. The molecule has 22 heavy (non-hydrogen) atoms. The van der Waals surface area contributed by atoms with E-state index in [9.17, 15) is 5.11 Å². The number of nitrogens with one attached hydrogen (secondary N) is 1. The van der Waals surface area contributed by atoms with Crippen LogP contribution >= 0.6 is 0 Å². The SMILES string of the molecule is CCN(CC)Cc1cc(N=Nc2c(N)n[nH]c2N)ccc1O. The molecule has 0 aliphatic heterocycles. The second kappa shape index (κ2) is 6.90. The van der Waals surface area contributed by atoms with E-state index >= 15 is 0 Å². The van der Waals surface area contributed by atoms with Crippen LogP contribution in [0.25, 0.3) is 0 Å². The Labute approximate surface area is 128 Å². The Hall–Kier alpha value is -2.61. The maximum atomic E-state index is 9.96. The zero-order chi connectivity index (χ0) is 16.1. The van der Waals surface area contributed by atoms with Crippen molar-refractivity contribution in [1.82, 2.24) is 15.1 Å². The topological polar surface area (TPSA) is 129 Å². The van der Waals surface area contributed by atoms with Gasteiger partial charge in [-0.25, -0.2) is 0 Å². The van der Waals surface area contributed by atoms with Crippen LogP contribution in [0.4, 0.5) is 23.0 Å². The standard InChI is InChI=1S/C14H21N7O/c1-3-21(4-2)8-9-7-10(5-6-11(9)22)17-18-12-13(15)19-20-14(12)16/h5-7,22H,3-4,8H2,1-2H3,(H5,15,16,19,20). The Morgan fingerprint density at radius 1 is 1.23 bits per heavy atom. The normalized spacial score (nSPS) is 11.6. The van der Waals surface area contributed by atoms with Crippen LogP contribution in [-0.4, -0.2) is 33.3 Å². The van der Waals surface area contributed by atoms with Gasteiger partial charge in [-0.3, -0.25) is 10.00 Å². The molecule has 0 amide bonds. The molecular formula is C14H21N7O. The van der Waals surface area contributed by atoms with Crippen LogP contribution in [-0.2, 0) is 6.54 Å². The van der Waals surface area contributed by atoms with Crippen LogP contribution < -0.4 is 11.5 Å². The summed E-state index contributed by atoms with van der Waals surface area (Å²) in [7, 11) is 0. The van der Waals surface area contributed by atoms with Crippen LogP contribution in [0.2, 0.25) is 0 Å². The molecule has 0 bridgehead atoms. The van der Waals surface area contributed by atoms with Gasteiger partial charge in [-0.1, -0.05) is 13.8 Å². The van der Waals surface area contributed by atoms with Gasteiger partial charge in [0.15, 0.2) is 11.5 Å². The molecule has 0 saturated heterocycles. The number of H-pyrrole nitrogens is 1. The van der Waals surface area contributed by atoms with Gasteiger partial charge in [-0.2, -0.15) is 10.2 Å². The van der Waals surface area contributed by atoms with Crippen molar-refractivity contribution in [2.75, 3.05) is 24.6 Å². The minimum atomic E-state index is 0.198. The Morgan fingerprint density at radius 2 is 1.95 bits per heavy atom. The molecule has 0 spiro atoms. The fraction of sp³-hybridized carbons (Fsp3) is 0.357. The number of hydrogen-bond donors (Lipinski definition) is 4. The highest BCUT2D eigenvalue weighted by atomic mass is 16.3. The maximum absolute atomic E-state index is 9.96. The molecule has 8 nitrogen and oxygen atoms in total. The van der Waals surface area contributed by atoms with E-state index in [-0.39, 0.29) is 17.4 Å². The van der Waals surface area contributed by atoms with E-state index in [0.717, 1.165) is 18.7 Å². The highest BCUT2D eigenvalue weighted by Crippen LogP contribution is 2.30. The van der Waals surface area contributed by atoms with Crippen molar-refractivity contribution in [3.05, 3.63) is 23.8 Å². The lowest BCUT2D eigenvalue weighted by Gasteiger charge is -2.18. The Balaban J connectivity index is 2.22. The first kappa shape index (κ1) is 15.8. The van der Waals surface area contributed by atoms with E-state index in [2.05, 4.69) is 39.2 Å². The van der Waals surface area contributed by atoms with Gasteiger partial charge in [0.1, 0.15) is 11.6 Å². The maximum Gasteiger partial charge on any atom is 0.175 e. The summed E-state index contributed by atoms with van der Waals surface area (Å²) in [6.45, 7) is 6.62. The third-order valence-corrected chi connectivity index (χ3v) is 3.41. The summed E-state index contributed by atoms with van der Waals surface area (Å²) >= 11 is 0. The number of hydrogen-bond acceptors (Lipinski definition) is 7. The summed E-state index contributed by atoms with van der Waals surface area (Å²) in [6, 6.07) is 5.08.